The van der Waals surface area contributed by atoms with Gasteiger partial charge in [0.1, 0.15) is 5.75 Å². The standard InChI is InChI=1S/C20H23BrN2O6S/c1-13(2)23-30(26,27)16-8-9-18(21)17(10-16)20(25)29-12-19(24)22-11-14-4-6-15(28-3)7-5-14/h4-10,13,23H,11-12H2,1-3H3,(H,22,24). The van der Waals surface area contributed by atoms with E-state index in [1.807, 2.05) is 0 Å². The average Bonchev–Trinajstić information content (AvgIpc) is 2.70. The van der Waals surface area contributed by atoms with E-state index in [0.717, 1.165) is 5.56 Å². The Balaban J connectivity index is 1.96. The summed E-state index contributed by atoms with van der Waals surface area (Å²) >= 11 is 3.20. The number of methoxy groups -OCH3 is 1. The molecule has 1 amide bonds. The first kappa shape index (κ1) is 23.8. The van der Waals surface area contributed by atoms with Gasteiger partial charge in [0.2, 0.25) is 10.0 Å². The van der Waals surface area contributed by atoms with E-state index in [4.69, 9.17) is 9.47 Å². The Bertz CT molecular complexity index is 1010. The Morgan fingerprint density at radius 2 is 1.77 bits per heavy atom. The average molecular weight is 499 g/mol. The van der Waals surface area contributed by atoms with Crippen molar-refractivity contribution in [1.82, 2.24) is 10.0 Å². The number of nitrogens with one attached hydrogen (secondary N) is 2. The minimum atomic E-state index is -3.77. The SMILES string of the molecule is COc1ccc(CNC(=O)COC(=O)c2cc(S(=O)(=O)NC(C)C)ccc2Br)cc1. The summed E-state index contributed by atoms with van der Waals surface area (Å²) in [6, 6.07) is 10.9. The molecule has 2 aromatic rings. The molecule has 0 unspecified atom stereocenters. The molecule has 0 saturated carbocycles. The van der Waals surface area contributed by atoms with Gasteiger partial charge in [-0.25, -0.2) is 17.9 Å². The Kier molecular flexibility index (Phi) is 8.39. The zero-order valence-electron chi connectivity index (χ0n) is 16.8. The monoisotopic (exact) mass is 498 g/mol. The summed E-state index contributed by atoms with van der Waals surface area (Å²) in [6.07, 6.45) is 0. The summed E-state index contributed by atoms with van der Waals surface area (Å²) < 4.78 is 37.5. The number of amides is 1. The van der Waals surface area contributed by atoms with E-state index in [1.165, 1.54) is 18.2 Å². The van der Waals surface area contributed by atoms with Crippen LogP contribution < -0.4 is 14.8 Å². The van der Waals surface area contributed by atoms with Crippen LogP contribution in [0.2, 0.25) is 0 Å². The largest absolute Gasteiger partial charge is 0.497 e. The van der Waals surface area contributed by atoms with E-state index in [9.17, 15) is 18.0 Å². The molecule has 8 nitrogen and oxygen atoms in total. The summed E-state index contributed by atoms with van der Waals surface area (Å²) in [6.45, 7) is 3.15. The van der Waals surface area contributed by atoms with Gasteiger partial charge in [0.05, 0.1) is 17.6 Å². The molecule has 0 aliphatic heterocycles. The van der Waals surface area contributed by atoms with Crippen molar-refractivity contribution in [2.24, 2.45) is 0 Å². The highest BCUT2D eigenvalue weighted by atomic mass is 79.9. The zero-order chi connectivity index (χ0) is 22.3. The molecule has 10 heteroatoms. The van der Waals surface area contributed by atoms with Gasteiger partial charge >= 0.3 is 5.97 Å². The molecule has 0 saturated heterocycles. The summed E-state index contributed by atoms with van der Waals surface area (Å²) in [5.74, 6) is -0.596. The van der Waals surface area contributed by atoms with Crippen LogP contribution in [0.4, 0.5) is 0 Å². The van der Waals surface area contributed by atoms with Gasteiger partial charge in [-0.3, -0.25) is 4.79 Å². The van der Waals surface area contributed by atoms with Crippen molar-refractivity contribution in [1.29, 1.82) is 0 Å². The van der Waals surface area contributed by atoms with Crippen molar-refractivity contribution >= 4 is 37.8 Å². The van der Waals surface area contributed by atoms with Gasteiger partial charge in [0.25, 0.3) is 5.91 Å². The first-order chi connectivity index (χ1) is 14.1. The van der Waals surface area contributed by atoms with Crippen molar-refractivity contribution in [3.8, 4) is 5.75 Å². The minimum Gasteiger partial charge on any atom is -0.497 e. The van der Waals surface area contributed by atoms with Crippen LogP contribution in [0.25, 0.3) is 0 Å². The normalized spacial score (nSPS) is 11.2. The fourth-order valence-electron chi connectivity index (χ4n) is 2.41. The van der Waals surface area contributed by atoms with Crippen molar-refractivity contribution in [3.05, 3.63) is 58.1 Å². The Labute approximate surface area is 184 Å². The molecule has 0 aromatic heterocycles. The maximum Gasteiger partial charge on any atom is 0.339 e. The number of ether oxygens (including phenoxy) is 2. The number of esters is 1. The van der Waals surface area contributed by atoms with E-state index in [1.54, 1.807) is 45.2 Å². The molecule has 0 bridgehead atoms. The fraction of sp³-hybridized carbons (Fsp3) is 0.300. The molecular formula is C20H23BrN2O6S. The van der Waals surface area contributed by atoms with Crippen LogP contribution in [-0.4, -0.2) is 40.1 Å². The van der Waals surface area contributed by atoms with Crippen LogP contribution in [-0.2, 0) is 26.1 Å². The molecule has 2 N–H and O–H groups in total. The lowest BCUT2D eigenvalue weighted by atomic mass is 10.2. The van der Waals surface area contributed by atoms with Gasteiger partial charge in [0, 0.05) is 17.1 Å². The summed E-state index contributed by atoms with van der Waals surface area (Å²) in [5.41, 5.74) is 0.860. The van der Waals surface area contributed by atoms with E-state index in [0.29, 0.717) is 10.2 Å². The number of carbonyl (C=O) groups is 2. The third-order valence-electron chi connectivity index (χ3n) is 3.84. The number of benzene rings is 2. The highest BCUT2D eigenvalue weighted by Gasteiger charge is 2.20. The van der Waals surface area contributed by atoms with Crippen LogP contribution in [0.15, 0.2) is 51.8 Å². The van der Waals surface area contributed by atoms with Crippen molar-refractivity contribution in [3.63, 3.8) is 0 Å². The number of halogens is 1. The predicted molar refractivity (Wildman–Crippen MR) is 115 cm³/mol. The highest BCUT2D eigenvalue weighted by molar-refractivity contribution is 9.10. The van der Waals surface area contributed by atoms with E-state index >= 15 is 0 Å². The van der Waals surface area contributed by atoms with Crippen molar-refractivity contribution < 1.29 is 27.5 Å². The third-order valence-corrected chi connectivity index (χ3v) is 6.19. The van der Waals surface area contributed by atoms with Crippen molar-refractivity contribution in [2.75, 3.05) is 13.7 Å². The molecule has 30 heavy (non-hydrogen) atoms. The predicted octanol–water partition coefficient (Wildman–Crippen LogP) is 2.62. The van der Waals surface area contributed by atoms with Gasteiger partial charge in [-0.05, 0) is 65.7 Å². The Morgan fingerprint density at radius 1 is 1.10 bits per heavy atom. The topological polar surface area (TPSA) is 111 Å². The molecule has 0 atom stereocenters. The van der Waals surface area contributed by atoms with E-state index < -0.39 is 28.5 Å². The van der Waals surface area contributed by atoms with Gasteiger partial charge in [-0.2, -0.15) is 0 Å². The smallest absolute Gasteiger partial charge is 0.339 e. The van der Waals surface area contributed by atoms with Crippen LogP contribution in [0.3, 0.4) is 0 Å². The molecule has 0 heterocycles. The lowest BCUT2D eigenvalue weighted by Gasteiger charge is -2.12. The molecule has 0 aliphatic carbocycles. The van der Waals surface area contributed by atoms with Crippen LogP contribution in [0, 0.1) is 0 Å². The number of hydrogen-bond acceptors (Lipinski definition) is 6. The number of sulfonamides is 1. The number of carbonyl (C=O) groups excluding carboxylic acids is 2. The number of hydrogen-bond donors (Lipinski definition) is 2. The summed E-state index contributed by atoms with van der Waals surface area (Å²) in [5, 5.41) is 2.64. The second kappa shape index (κ2) is 10.6. The van der Waals surface area contributed by atoms with Crippen LogP contribution in [0.5, 0.6) is 5.75 Å². The first-order valence-corrected chi connectivity index (χ1v) is 11.3. The Hall–Kier alpha value is -2.43. The maximum absolute atomic E-state index is 12.4. The maximum atomic E-state index is 12.4. The lowest BCUT2D eigenvalue weighted by molar-refractivity contribution is -0.124. The molecule has 162 valence electrons. The molecule has 0 aliphatic rings. The fourth-order valence-corrected chi connectivity index (χ4v) is 4.10. The summed E-state index contributed by atoms with van der Waals surface area (Å²) in [4.78, 5) is 24.3. The van der Waals surface area contributed by atoms with E-state index in [2.05, 4.69) is 26.0 Å². The van der Waals surface area contributed by atoms with Crippen LogP contribution in [0.1, 0.15) is 29.8 Å². The lowest BCUT2D eigenvalue weighted by Crippen LogP contribution is -2.30. The first-order valence-electron chi connectivity index (χ1n) is 9.01. The minimum absolute atomic E-state index is 0.00425. The molecular weight excluding hydrogens is 476 g/mol. The van der Waals surface area contributed by atoms with E-state index in [-0.39, 0.29) is 23.0 Å². The number of rotatable bonds is 9. The molecule has 0 spiro atoms. The van der Waals surface area contributed by atoms with Crippen LogP contribution >= 0.6 is 15.9 Å². The van der Waals surface area contributed by atoms with Gasteiger partial charge in [-0.1, -0.05) is 12.1 Å². The summed E-state index contributed by atoms with van der Waals surface area (Å²) in [7, 11) is -2.21. The van der Waals surface area contributed by atoms with Gasteiger partial charge in [-0.15, -0.1) is 0 Å². The van der Waals surface area contributed by atoms with Gasteiger partial charge in [0.15, 0.2) is 6.61 Å². The third kappa shape index (κ3) is 6.82. The van der Waals surface area contributed by atoms with Crippen molar-refractivity contribution in [2.45, 2.75) is 31.3 Å². The molecule has 0 radical (unpaired) electrons. The molecule has 2 rings (SSSR count). The molecule has 2 aromatic carbocycles. The quantitative estimate of drug-likeness (QED) is 0.514. The second-order valence-electron chi connectivity index (χ2n) is 6.62. The van der Waals surface area contributed by atoms with Gasteiger partial charge < -0.3 is 14.8 Å². The molecule has 0 fully saturated rings. The second-order valence-corrected chi connectivity index (χ2v) is 9.19. The highest BCUT2D eigenvalue weighted by Crippen LogP contribution is 2.22. The Morgan fingerprint density at radius 3 is 2.37 bits per heavy atom. The zero-order valence-corrected chi connectivity index (χ0v) is 19.2.